The van der Waals surface area contributed by atoms with Gasteiger partial charge in [0.05, 0.1) is 7.11 Å². The number of hydrogen-bond acceptors (Lipinski definition) is 3. The zero-order valence-corrected chi connectivity index (χ0v) is 14.9. The number of ether oxygens (including phenoxy) is 2. The summed E-state index contributed by atoms with van der Waals surface area (Å²) >= 11 is 0. The van der Waals surface area contributed by atoms with Crippen molar-refractivity contribution in [1.29, 1.82) is 0 Å². The first kappa shape index (κ1) is 17.3. The maximum atomic E-state index is 12.4. The van der Waals surface area contributed by atoms with Gasteiger partial charge >= 0.3 is 0 Å². The van der Waals surface area contributed by atoms with Crippen LogP contribution in [0.3, 0.4) is 0 Å². The highest BCUT2D eigenvalue weighted by atomic mass is 16.5. The van der Waals surface area contributed by atoms with Crippen molar-refractivity contribution in [1.82, 2.24) is 5.32 Å². The van der Waals surface area contributed by atoms with E-state index in [4.69, 9.17) is 9.47 Å². The lowest BCUT2D eigenvalue weighted by Gasteiger charge is -2.22. The molecule has 0 saturated heterocycles. The number of fused-ring (bicyclic) bond motifs is 1. The van der Waals surface area contributed by atoms with Gasteiger partial charge in [0.15, 0.2) is 6.10 Å². The second-order valence-electron chi connectivity index (χ2n) is 6.39. The molecule has 1 aliphatic carbocycles. The lowest BCUT2D eigenvalue weighted by molar-refractivity contribution is -0.127. The molecule has 0 heterocycles. The number of rotatable bonds is 6. The number of carbonyl (C=O) groups is 1. The summed E-state index contributed by atoms with van der Waals surface area (Å²) in [6, 6.07) is 13.8. The summed E-state index contributed by atoms with van der Waals surface area (Å²) < 4.78 is 11.3. The van der Waals surface area contributed by atoms with Crippen LogP contribution in [0.2, 0.25) is 0 Å². The van der Waals surface area contributed by atoms with Crippen molar-refractivity contribution in [2.45, 2.75) is 45.3 Å². The Labute approximate surface area is 149 Å². The fourth-order valence-corrected chi connectivity index (χ4v) is 3.28. The van der Waals surface area contributed by atoms with Gasteiger partial charge in [-0.1, -0.05) is 30.3 Å². The summed E-state index contributed by atoms with van der Waals surface area (Å²) in [5.41, 5.74) is 3.56. The van der Waals surface area contributed by atoms with Crippen LogP contribution in [0.25, 0.3) is 0 Å². The smallest absolute Gasteiger partial charge is 0.261 e. The number of nitrogens with one attached hydrogen (secondary N) is 1. The van der Waals surface area contributed by atoms with Crippen LogP contribution in [0.1, 0.15) is 36.5 Å². The molecule has 0 bridgehead atoms. The molecule has 0 spiro atoms. The second-order valence-corrected chi connectivity index (χ2v) is 6.39. The van der Waals surface area contributed by atoms with Gasteiger partial charge in [0.25, 0.3) is 5.91 Å². The number of carbonyl (C=O) groups excluding carboxylic acids is 1. The third kappa shape index (κ3) is 4.13. The summed E-state index contributed by atoms with van der Waals surface area (Å²) in [7, 11) is 1.63. The molecule has 1 amide bonds. The molecule has 0 radical (unpaired) electrons. The Morgan fingerprint density at radius 2 is 1.84 bits per heavy atom. The van der Waals surface area contributed by atoms with Gasteiger partial charge in [-0.15, -0.1) is 0 Å². The Balaban J connectivity index is 1.62. The SMILES string of the molecule is COc1ccccc1CNC(=O)[C@@H](C)Oc1cccc2c1CCCC2. The third-order valence-electron chi connectivity index (χ3n) is 4.67. The van der Waals surface area contributed by atoms with Gasteiger partial charge in [-0.3, -0.25) is 4.79 Å². The average Bonchev–Trinajstić information content (AvgIpc) is 2.66. The minimum Gasteiger partial charge on any atom is -0.496 e. The molecule has 4 nitrogen and oxygen atoms in total. The van der Waals surface area contributed by atoms with Crippen molar-refractivity contribution in [2.24, 2.45) is 0 Å². The quantitative estimate of drug-likeness (QED) is 0.874. The highest BCUT2D eigenvalue weighted by molar-refractivity contribution is 5.80. The Morgan fingerprint density at radius 1 is 1.08 bits per heavy atom. The summed E-state index contributed by atoms with van der Waals surface area (Å²) in [6.45, 7) is 2.21. The van der Waals surface area contributed by atoms with Crippen LogP contribution >= 0.6 is 0 Å². The molecule has 0 aromatic heterocycles. The molecule has 0 aliphatic heterocycles. The number of aryl methyl sites for hydroxylation is 1. The Kier molecular flexibility index (Phi) is 5.59. The van der Waals surface area contributed by atoms with E-state index in [0.717, 1.165) is 29.9 Å². The van der Waals surface area contributed by atoms with Gasteiger partial charge in [-0.25, -0.2) is 0 Å². The molecule has 25 heavy (non-hydrogen) atoms. The van der Waals surface area contributed by atoms with Crippen LogP contribution < -0.4 is 14.8 Å². The van der Waals surface area contributed by atoms with Crippen molar-refractivity contribution in [3.8, 4) is 11.5 Å². The van der Waals surface area contributed by atoms with Crippen LogP contribution in [-0.2, 0) is 24.2 Å². The van der Waals surface area contributed by atoms with E-state index < -0.39 is 6.10 Å². The first-order valence-electron chi connectivity index (χ1n) is 8.86. The third-order valence-corrected chi connectivity index (χ3v) is 4.67. The van der Waals surface area contributed by atoms with Crippen LogP contribution in [0.4, 0.5) is 0 Å². The molecule has 1 N–H and O–H groups in total. The van der Waals surface area contributed by atoms with Gasteiger partial charge in [0.2, 0.25) is 0 Å². The second kappa shape index (κ2) is 8.06. The van der Waals surface area contributed by atoms with Crippen molar-refractivity contribution in [2.75, 3.05) is 7.11 Å². The topological polar surface area (TPSA) is 47.6 Å². The number of methoxy groups -OCH3 is 1. The molecule has 0 fully saturated rings. The summed E-state index contributed by atoms with van der Waals surface area (Å²) in [5, 5.41) is 2.93. The predicted molar refractivity (Wildman–Crippen MR) is 98.0 cm³/mol. The molecule has 0 unspecified atom stereocenters. The molecule has 1 aliphatic rings. The molecular formula is C21H25NO3. The molecule has 132 valence electrons. The van der Waals surface area contributed by atoms with E-state index in [-0.39, 0.29) is 5.91 Å². The first-order valence-corrected chi connectivity index (χ1v) is 8.86. The zero-order chi connectivity index (χ0) is 17.6. The highest BCUT2D eigenvalue weighted by Gasteiger charge is 2.19. The summed E-state index contributed by atoms with van der Waals surface area (Å²) in [5.74, 6) is 1.49. The van der Waals surface area contributed by atoms with E-state index in [0.29, 0.717) is 6.54 Å². The fourth-order valence-electron chi connectivity index (χ4n) is 3.28. The minimum atomic E-state index is -0.539. The van der Waals surface area contributed by atoms with E-state index in [1.807, 2.05) is 36.4 Å². The lowest BCUT2D eigenvalue weighted by atomic mass is 9.91. The number of hydrogen-bond donors (Lipinski definition) is 1. The minimum absolute atomic E-state index is 0.126. The molecule has 1 atom stereocenters. The largest absolute Gasteiger partial charge is 0.496 e. The molecule has 0 saturated carbocycles. The van der Waals surface area contributed by atoms with Gasteiger partial charge in [0, 0.05) is 12.1 Å². The Hall–Kier alpha value is -2.49. The normalized spacial score (nSPS) is 14.3. The molecule has 3 rings (SSSR count). The summed E-state index contributed by atoms with van der Waals surface area (Å²) in [4.78, 5) is 12.4. The van der Waals surface area contributed by atoms with E-state index in [2.05, 4.69) is 11.4 Å². The van der Waals surface area contributed by atoms with Crippen molar-refractivity contribution in [3.05, 3.63) is 59.2 Å². The predicted octanol–water partition coefficient (Wildman–Crippen LogP) is 3.66. The molecular weight excluding hydrogens is 314 g/mol. The maximum absolute atomic E-state index is 12.4. The number of para-hydroxylation sites is 1. The molecule has 2 aromatic rings. The van der Waals surface area contributed by atoms with Gasteiger partial charge < -0.3 is 14.8 Å². The maximum Gasteiger partial charge on any atom is 0.261 e. The average molecular weight is 339 g/mol. The molecule has 2 aromatic carbocycles. The standard InChI is InChI=1S/C21H25NO3/c1-15(21(23)22-14-17-9-4-6-12-19(17)24-2)25-20-13-7-10-16-8-3-5-11-18(16)20/h4,6-7,9-10,12-13,15H,3,5,8,11,14H2,1-2H3,(H,22,23)/t15-/m1/s1. The first-order chi connectivity index (χ1) is 12.2. The van der Waals surface area contributed by atoms with Crippen molar-refractivity contribution < 1.29 is 14.3 Å². The number of amides is 1. The monoisotopic (exact) mass is 339 g/mol. The van der Waals surface area contributed by atoms with Crippen LogP contribution in [0.15, 0.2) is 42.5 Å². The van der Waals surface area contributed by atoms with Crippen molar-refractivity contribution >= 4 is 5.91 Å². The fraction of sp³-hybridized carbons (Fsp3) is 0.381. The summed E-state index contributed by atoms with van der Waals surface area (Å²) in [6.07, 6.45) is 4.00. The van der Waals surface area contributed by atoms with Gasteiger partial charge in [0.1, 0.15) is 11.5 Å². The highest BCUT2D eigenvalue weighted by Crippen LogP contribution is 2.30. The van der Waals surface area contributed by atoms with Crippen molar-refractivity contribution in [3.63, 3.8) is 0 Å². The van der Waals surface area contributed by atoms with E-state index in [9.17, 15) is 4.79 Å². The van der Waals surface area contributed by atoms with Crippen LogP contribution in [0, 0.1) is 0 Å². The van der Waals surface area contributed by atoms with E-state index in [1.165, 1.54) is 24.0 Å². The Bertz CT molecular complexity index is 742. The van der Waals surface area contributed by atoms with E-state index in [1.54, 1.807) is 14.0 Å². The Morgan fingerprint density at radius 3 is 2.68 bits per heavy atom. The van der Waals surface area contributed by atoms with Crippen LogP contribution in [0.5, 0.6) is 11.5 Å². The lowest BCUT2D eigenvalue weighted by Crippen LogP contribution is -2.36. The van der Waals surface area contributed by atoms with E-state index >= 15 is 0 Å². The zero-order valence-electron chi connectivity index (χ0n) is 14.9. The number of benzene rings is 2. The van der Waals surface area contributed by atoms with Gasteiger partial charge in [-0.2, -0.15) is 0 Å². The van der Waals surface area contributed by atoms with Gasteiger partial charge in [-0.05, 0) is 55.9 Å². The molecule has 4 heteroatoms. The van der Waals surface area contributed by atoms with Crippen LogP contribution in [-0.4, -0.2) is 19.1 Å².